The first-order valence-corrected chi connectivity index (χ1v) is 7.04. The van der Waals surface area contributed by atoms with Crippen molar-refractivity contribution in [1.29, 1.82) is 0 Å². The SMILES string of the molecule is CSCc1ccc(Nc2ncccc2[N+](=O)[O-])cc1. The summed E-state index contributed by atoms with van der Waals surface area (Å²) in [6, 6.07) is 10.7. The van der Waals surface area contributed by atoms with Crippen LogP contribution in [0.2, 0.25) is 0 Å². The molecule has 1 heterocycles. The molecule has 1 aromatic heterocycles. The molecule has 0 aliphatic heterocycles. The maximum Gasteiger partial charge on any atom is 0.311 e. The van der Waals surface area contributed by atoms with Crippen LogP contribution >= 0.6 is 11.8 Å². The molecule has 0 bridgehead atoms. The molecule has 0 radical (unpaired) electrons. The average molecular weight is 275 g/mol. The highest BCUT2D eigenvalue weighted by Crippen LogP contribution is 2.24. The smallest absolute Gasteiger partial charge is 0.311 e. The van der Waals surface area contributed by atoms with Gasteiger partial charge in [-0.1, -0.05) is 12.1 Å². The Kier molecular flexibility index (Phi) is 4.35. The predicted octanol–water partition coefficient (Wildman–Crippen LogP) is 3.60. The summed E-state index contributed by atoms with van der Waals surface area (Å²) in [6.45, 7) is 0. The second-order valence-corrected chi connectivity index (χ2v) is 4.75. The Bertz CT molecular complexity index is 572. The summed E-state index contributed by atoms with van der Waals surface area (Å²) in [5.41, 5.74) is 1.97. The summed E-state index contributed by atoms with van der Waals surface area (Å²) < 4.78 is 0. The van der Waals surface area contributed by atoms with E-state index in [1.807, 2.05) is 30.5 Å². The standard InChI is InChI=1S/C13H13N3O2S/c1-19-9-10-4-6-11(7-5-10)15-13-12(16(17)18)3-2-8-14-13/h2-8H,9H2,1H3,(H,14,15). The van der Waals surface area contributed by atoms with Crippen LogP contribution in [0.3, 0.4) is 0 Å². The molecule has 2 aromatic rings. The summed E-state index contributed by atoms with van der Waals surface area (Å²) >= 11 is 1.75. The molecule has 0 saturated heterocycles. The number of aromatic nitrogens is 1. The first-order chi connectivity index (χ1) is 9.20. The van der Waals surface area contributed by atoms with Crippen LogP contribution in [0.1, 0.15) is 5.56 Å². The van der Waals surface area contributed by atoms with Gasteiger partial charge in [-0.05, 0) is 30.0 Å². The van der Waals surface area contributed by atoms with Crippen molar-refractivity contribution in [2.75, 3.05) is 11.6 Å². The van der Waals surface area contributed by atoms with Gasteiger partial charge in [-0.25, -0.2) is 4.98 Å². The predicted molar refractivity (Wildman–Crippen MR) is 77.8 cm³/mol. The van der Waals surface area contributed by atoms with Gasteiger partial charge in [0.25, 0.3) is 0 Å². The van der Waals surface area contributed by atoms with Gasteiger partial charge in [-0.15, -0.1) is 0 Å². The number of nitrogens with one attached hydrogen (secondary N) is 1. The number of hydrogen-bond donors (Lipinski definition) is 1. The summed E-state index contributed by atoms with van der Waals surface area (Å²) in [5, 5.41) is 13.8. The molecule has 0 saturated carbocycles. The van der Waals surface area contributed by atoms with E-state index in [0.29, 0.717) is 0 Å². The number of nitrogens with zero attached hydrogens (tertiary/aromatic N) is 2. The molecule has 5 nitrogen and oxygen atoms in total. The first-order valence-electron chi connectivity index (χ1n) is 5.65. The Labute approximate surface area is 115 Å². The lowest BCUT2D eigenvalue weighted by Gasteiger charge is -2.06. The molecule has 6 heteroatoms. The van der Waals surface area contributed by atoms with Crippen LogP contribution in [-0.4, -0.2) is 16.2 Å². The second-order valence-electron chi connectivity index (χ2n) is 3.88. The Balaban J connectivity index is 2.19. The highest BCUT2D eigenvalue weighted by atomic mass is 32.2. The van der Waals surface area contributed by atoms with Gasteiger partial charge < -0.3 is 5.32 Å². The minimum atomic E-state index is -0.447. The summed E-state index contributed by atoms with van der Waals surface area (Å²) in [6.07, 6.45) is 3.57. The molecule has 98 valence electrons. The molecular formula is C13H13N3O2S. The number of hydrogen-bond acceptors (Lipinski definition) is 5. The number of thioether (sulfide) groups is 1. The monoisotopic (exact) mass is 275 g/mol. The first kappa shape index (κ1) is 13.4. The van der Waals surface area contributed by atoms with Gasteiger partial charge in [0.15, 0.2) is 0 Å². The van der Waals surface area contributed by atoms with E-state index in [9.17, 15) is 10.1 Å². The molecule has 0 spiro atoms. The fraction of sp³-hybridized carbons (Fsp3) is 0.154. The molecule has 19 heavy (non-hydrogen) atoms. The van der Waals surface area contributed by atoms with Crippen molar-refractivity contribution in [3.05, 3.63) is 58.3 Å². The third-order valence-electron chi connectivity index (χ3n) is 2.51. The van der Waals surface area contributed by atoms with Crippen LogP contribution in [0.25, 0.3) is 0 Å². The van der Waals surface area contributed by atoms with Gasteiger partial charge in [-0.2, -0.15) is 11.8 Å². The molecule has 0 aliphatic carbocycles. The van der Waals surface area contributed by atoms with Gasteiger partial charge in [0.2, 0.25) is 5.82 Å². The lowest BCUT2D eigenvalue weighted by Crippen LogP contribution is -1.99. The largest absolute Gasteiger partial charge is 0.334 e. The molecule has 0 fully saturated rings. The van der Waals surface area contributed by atoms with Crippen molar-refractivity contribution in [3.8, 4) is 0 Å². The van der Waals surface area contributed by atoms with Crippen molar-refractivity contribution < 1.29 is 4.92 Å². The third kappa shape index (κ3) is 3.45. The second kappa shape index (κ2) is 6.19. The van der Waals surface area contributed by atoms with E-state index in [1.54, 1.807) is 17.8 Å². The van der Waals surface area contributed by atoms with Crippen molar-refractivity contribution in [3.63, 3.8) is 0 Å². The van der Waals surface area contributed by atoms with Gasteiger partial charge in [-0.3, -0.25) is 10.1 Å². The van der Waals surface area contributed by atoms with Crippen LogP contribution in [0.15, 0.2) is 42.6 Å². The topological polar surface area (TPSA) is 68.1 Å². The van der Waals surface area contributed by atoms with Crippen LogP contribution in [-0.2, 0) is 5.75 Å². The quantitative estimate of drug-likeness (QED) is 0.667. The van der Waals surface area contributed by atoms with E-state index in [0.717, 1.165) is 11.4 Å². The third-order valence-corrected chi connectivity index (χ3v) is 3.13. The normalized spacial score (nSPS) is 10.2. The van der Waals surface area contributed by atoms with Gasteiger partial charge in [0.05, 0.1) is 4.92 Å². The van der Waals surface area contributed by atoms with E-state index >= 15 is 0 Å². The number of nitro groups is 1. The highest BCUT2D eigenvalue weighted by Gasteiger charge is 2.13. The number of anilines is 2. The summed E-state index contributed by atoms with van der Waals surface area (Å²) in [7, 11) is 0. The zero-order valence-electron chi connectivity index (χ0n) is 10.4. The summed E-state index contributed by atoms with van der Waals surface area (Å²) in [4.78, 5) is 14.4. The number of benzene rings is 1. The highest BCUT2D eigenvalue weighted by molar-refractivity contribution is 7.97. The summed E-state index contributed by atoms with van der Waals surface area (Å²) in [5.74, 6) is 1.20. The van der Waals surface area contributed by atoms with E-state index in [1.165, 1.54) is 17.8 Å². The molecule has 2 rings (SSSR count). The lowest BCUT2D eigenvalue weighted by molar-refractivity contribution is -0.384. The van der Waals surface area contributed by atoms with E-state index in [-0.39, 0.29) is 11.5 Å². The van der Waals surface area contributed by atoms with Crippen LogP contribution in [0.4, 0.5) is 17.2 Å². The van der Waals surface area contributed by atoms with Crippen molar-refractivity contribution in [2.45, 2.75) is 5.75 Å². The molecular weight excluding hydrogens is 262 g/mol. The van der Waals surface area contributed by atoms with Crippen LogP contribution < -0.4 is 5.32 Å². The molecule has 0 atom stereocenters. The molecule has 1 N–H and O–H groups in total. The maximum absolute atomic E-state index is 10.9. The Morgan fingerprint density at radius 3 is 2.68 bits per heavy atom. The Morgan fingerprint density at radius 1 is 1.32 bits per heavy atom. The van der Waals surface area contributed by atoms with Gasteiger partial charge >= 0.3 is 5.69 Å². The Morgan fingerprint density at radius 2 is 2.05 bits per heavy atom. The van der Waals surface area contributed by atoms with Crippen LogP contribution in [0.5, 0.6) is 0 Å². The van der Waals surface area contributed by atoms with E-state index in [2.05, 4.69) is 10.3 Å². The Hall–Kier alpha value is -2.08. The number of pyridine rings is 1. The fourth-order valence-electron chi connectivity index (χ4n) is 1.63. The van der Waals surface area contributed by atoms with Crippen molar-refractivity contribution >= 4 is 29.0 Å². The minimum absolute atomic E-state index is 0.0318. The molecule has 0 amide bonds. The molecule has 0 aliphatic rings. The molecule has 0 unspecified atom stereocenters. The van der Waals surface area contributed by atoms with Crippen molar-refractivity contribution in [2.24, 2.45) is 0 Å². The zero-order valence-corrected chi connectivity index (χ0v) is 11.2. The van der Waals surface area contributed by atoms with Crippen LogP contribution in [0, 0.1) is 10.1 Å². The maximum atomic E-state index is 10.9. The average Bonchev–Trinajstić information content (AvgIpc) is 2.42. The van der Waals surface area contributed by atoms with Crippen molar-refractivity contribution in [1.82, 2.24) is 4.98 Å². The van der Waals surface area contributed by atoms with E-state index < -0.39 is 4.92 Å². The zero-order chi connectivity index (χ0) is 13.7. The van der Waals surface area contributed by atoms with E-state index in [4.69, 9.17) is 0 Å². The molecule has 1 aromatic carbocycles. The van der Waals surface area contributed by atoms with Gasteiger partial charge in [0.1, 0.15) is 0 Å². The lowest BCUT2D eigenvalue weighted by atomic mass is 10.2. The van der Waals surface area contributed by atoms with Gasteiger partial charge in [0, 0.05) is 23.7 Å². The number of rotatable bonds is 5. The fourth-order valence-corrected chi connectivity index (χ4v) is 2.15. The minimum Gasteiger partial charge on any atom is -0.334 e.